The van der Waals surface area contributed by atoms with E-state index in [1.54, 1.807) is 24.3 Å². The lowest BCUT2D eigenvalue weighted by Gasteiger charge is -2.25. The molecule has 130 valence electrons. The summed E-state index contributed by atoms with van der Waals surface area (Å²) in [7, 11) is -1.73. The Morgan fingerprint density at radius 3 is 2.25 bits per heavy atom. The highest BCUT2D eigenvalue weighted by Gasteiger charge is 2.12. The predicted molar refractivity (Wildman–Crippen MR) is 90.8 cm³/mol. The van der Waals surface area contributed by atoms with Crippen molar-refractivity contribution in [3.8, 4) is 5.75 Å². The molecule has 0 radical (unpaired) electrons. The highest BCUT2D eigenvalue weighted by atomic mass is 32.2. The van der Waals surface area contributed by atoms with Gasteiger partial charge in [-0.25, -0.2) is 17.9 Å². The lowest BCUT2D eigenvalue weighted by Crippen LogP contribution is -2.27. The van der Waals surface area contributed by atoms with E-state index in [2.05, 4.69) is 4.90 Å². The molecule has 2 rings (SSSR count). The van der Waals surface area contributed by atoms with Gasteiger partial charge in [-0.15, -0.1) is 0 Å². The van der Waals surface area contributed by atoms with Crippen LogP contribution >= 0.6 is 0 Å². The molecule has 24 heavy (non-hydrogen) atoms. The van der Waals surface area contributed by atoms with E-state index in [1.165, 1.54) is 24.3 Å². The van der Waals surface area contributed by atoms with Crippen molar-refractivity contribution < 1.29 is 17.5 Å². The third-order valence-electron chi connectivity index (χ3n) is 3.88. The smallest absolute Gasteiger partial charge is 0.238 e. The molecule has 0 fully saturated rings. The van der Waals surface area contributed by atoms with E-state index in [-0.39, 0.29) is 16.8 Å². The zero-order valence-electron chi connectivity index (χ0n) is 13.6. The topological polar surface area (TPSA) is 72.6 Å². The number of hydrogen-bond acceptors (Lipinski definition) is 4. The summed E-state index contributed by atoms with van der Waals surface area (Å²) < 4.78 is 40.9. The zero-order chi connectivity index (χ0) is 17.7. The van der Waals surface area contributed by atoms with Gasteiger partial charge in [-0.2, -0.15) is 0 Å². The summed E-state index contributed by atoms with van der Waals surface area (Å²) in [5.41, 5.74) is 1.02. The van der Waals surface area contributed by atoms with Gasteiger partial charge in [0, 0.05) is 12.6 Å². The first kappa shape index (κ1) is 18.4. The minimum absolute atomic E-state index is 0.0527. The van der Waals surface area contributed by atoms with E-state index in [0.717, 1.165) is 5.56 Å². The number of sulfonamides is 1. The first-order valence-corrected chi connectivity index (χ1v) is 9.03. The van der Waals surface area contributed by atoms with E-state index in [0.29, 0.717) is 18.9 Å². The first-order valence-electron chi connectivity index (χ1n) is 7.49. The number of primary sulfonamides is 1. The van der Waals surface area contributed by atoms with Crippen LogP contribution in [0.15, 0.2) is 53.4 Å². The number of nitrogens with zero attached hydrogens (tertiary/aromatic N) is 1. The molecule has 1 unspecified atom stereocenters. The van der Waals surface area contributed by atoms with Crippen LogP contribution in [0.3, 0.4) is 0 Å². The van der Waals surface area contributed by atoms with Crippen molar-refractivity contribution in [2.75, 3.05) is 20.2 Å². The van der Waals surface area contributed by atoms with Gasteiger partial charge in [0.2, 0.25) is 10.0 Å². The van der Waals surface area contributed by atoms with Crippen LogP contribution < -0.4 is 9.88 Å². The van der Waals surface area contributed by atoms with Gasteiger partial charge < -0.3 is 4.74 Å². The first-order chi connectivity index (χ1) is 11.3. The molecule has 2 N–H and O–H groups in total. The lowest BCUT2D eigenvalue weighted by molar-refractivity contribution is 0.201. The van der Waals surface area contributed by atoms with E-state index in [4.69, 9.17) is 9.88 Å². The molecule has 0 heterocycles. The molecule has 0 amide bonds. The molecule has 0 aliphatic carbocycles. The molecule has 2 aromatic rings. The molecule has 1 atom stereocenters. The summed E-state index contributed by atoms with van der Waals surface area (Å²) >= 11 is 0. The van der Waals surface area contributed by atoms with Crippen LogP contribution in [0.5, 0.6) is 5.75 Å². The van der Waals surface area contributed by atoms with Gasteiger partial charge in [-0.05, 0) is 55.9 Å². The number of nitrogens with two attached hydrogens (primary N) is 1. The number of rotatable bonds is 7. The Kier molecular flexibility index (Phi) is 5.93. The molecule has 0 saturated heterocycles. The third-order valence-corrected chi connectivity index (χ3v) is 4.81. The van der Waals surface area contributed by atoms with Gasteiger partial charge in [0.1, 0.15) is 18.2 Å². The van der Waals surface area contributed by atoms with Crippen molar-refractivity contribution in [3.05, 3.63) is 59.9 Å². The number of hydrogen-bond donors (Lipinski definition) is 1. The SMILES string of the molecule is CC(c1ccc(F)cc1)N(C)CCOc1ccc(S(N)(=O)=O)cc1. The van der Waals surface area contributed by atoms with Crippen LogP contribution in [0.1, 0.15) is 18.5 Å². The summed E-state index contributed by atoms with van der Waals surface area (Å²) in [6.07, 6.45) is 0. The fourth-order valence-electron chi connectivity index (χ4n) is 2.22. The summed E-state index contributed by atoms with van der Waals surface area (Å²) in [5, 5.41) is 5.05. The normalized spacial score (nSPS) is 13.0. The zero-order valence-corrected chi connectivity index (χ0v) is 14.5. The van der Waals surface area contributed by atoms with Gasteiger partial charge >= 0.3 is 0 Å². The molecule has 2 aromatic carbocycles. The second-order valence-corrected chi connectivity index (χ2v) is 7.13. The van der Waals surface area contributed by atoms with Crippen molar-refractivity contribution in [2.45, 2.75) is 17.9 Å². The van der Waals surface area contributed by atoms with Crippen molar-refractivity contribution in [1.29, 1.82) is 0 Å². The minimum atomic E-state index is -3.69. The maximum absolute atomic E-state index is 13.0. The number of halogens is 1. The van der Waals surface area contributed by atoms with Crippen molar-refractivity contribution in [2.24, 2.45) is 5.14 Å². The maximum Gasteiger partial charge on any atom is 0.238 e. The Morgan fingerprint density at radius 2 is 1.71 bits per heavy atom. The third kappa shape index (κ3) is 5.02. The van der Waals surface area contributed by atoms with E-state index >= 15 is 0 Å². The Balaban J connectivity index is 1.86. The highest BCUT2D eigenvalue weighted by Crippen LogP contribution is 2.19. The Bertz CT molecular complexity index is 761. The maximum atomic E-state index is 13.0. The van der Waals surface area contributed by atoms with E-state index in [9.17, 15) is 12.8 Å². The number of ether oxygens (including phenoxy) is 1. The van der Waals surface area contributed by atoms with Crippen molar-refractivity contribution in [1.82, 2.24) is 4.90 Å². The van der Waals surface area contributed by atoms with Crippen LogP contribution in [0.4, 0.5) is 4.39 Å². The average Bonchev–Trinajstić information content (AvgIpc) is 2.54. The van der Waals surface area contributed by atoms with Crippen LogP contribution in [0, 0.1) is 5.82 Å². The molecule has 5 nitrogen and oxygen atoms in total. The van der Waals surface area contributed by atoms with Crippen molar-refractivity contribution in [3.63, 3.8) is 0 Å². The van der Waals surface area contributed by atoms with Crippen LogP contribution in [-0.4, -0.2) is 33.5 Å². The summed E-state index contributed by atoms with van der Waals surface area (Å²) in [6.45, 7) is 3.14. The molecule has 0 aromatic heterocycles. The summed E-state index contributed by atoms with van der Waals surface area (Å²) in [6, 6.07) is 12.5. The molecular formula is C17H21FN2O3S. The summed E-state index contributed by atoms with van der Waals surface area (Å²) in [5.74, 6) is 0.324. The van der Waals surface area contributed by atoms with Gasteiger partial charge in [0.25, 0.3) is 0 Å². The van der Waals surface area contributed by atoms with Gasteiger partial charge in [0.15, 0.2) is 0 Å². The molecule has 0 bridgehead atoms. The lowest BCUT2D eigenvalue weighted by atomic mass is 10.1. The Hall–Kier alpha value is -1.96. The summed E-state index contributed by atoms with van der Waals surface area (Å²) in [4.78, 5) is 2.14. The van der Waals surface area contributed by atoms with Gasteiger partial charge in [-0.1, -0.05) is 12.1 Å². The van der Waals surface area contributed by atoms with Crippen LogP contribution in [-0.2, 0) is 10.0 Å². The standard InChI is InChI=1S/C17H21FN2O3S/c1-13(14-3-5-15(18)6-4-14)20(2)11-12-23-16-7-9-17(10-8-16)24(19,21)22/h3-10,13H,11-12H2,1-2H3,(H2,19,21,22). The minimum Gasteiger partial charge on any atom is -0.492 e. The predicted octanol–water partition coefficient (Wildman–Crippen LogP) is 2.54. The number of likely N-dealkylation sites (N-methyl/N-ethyl adjacent to an activating group) is 1. The second-order valence-electron chi connectivity index (χ2n) is 5.57. The van der Waals surface area contributed by atoms with E-state index in [1.807, 2.05) is 14.0 Å². The van der Waals surface area contributed by atoms with E-state index < -0.39 is 10.0 Å². The molecule has 0 aliphatic rings. The molecular weight excluding hydrogens is 331 g/mol. The van der Waals surface area contributed by atoms with Gasteiger partial charge in [-0.3, -0.25) is 4.90 Å². The average molecular weight is 352 g/mol. The second kappa shape index (κ2) is 7.74. The quantitative estimate of drug-likeness (QED) is 0.831. The largest absolute Gasteiger partial charge is 0.492 e. The van der Waals surface area contributed by atoms with Crippen LogP contribution in [0.25, 0.3) is 0 Å². The number of benzene rings is 2. The molecule has 0 aliphatic heterocycles. The molecule has 0 spiro atoms. The van der Waals surface area contributed by atoms with Gasteiger partial charge in [0.05, 0.1) is 4.90 Å². The molecule has 7 heteroatoms. The Morgan fingerprint density at radius 1 is 1.12 bits per heavy atom. The molecule has 0 saturated carbocycles. The monoisotopic (exact) mass is 352 g/mol. The Labute approximate surface area is 141 Å². The fourth-order valence-corrected chi connectivity index (χ4v) is 2.74. The highest BCUT2D eigenvalue weighted by molar-refractivity contribution is 7.89. The fraction of sp³-hybridized carbons (Fsp3) is 0.294. The van der Waals surface area contributed by atoms with Crippen molar-refractivity contribution >= 4 is 10.0 Å². The van der Waals surface area contributed by atoms with Crippen LogP contribution in [0.2, 0.25) is 0 Å².